The Kier molecular flexibility index (Phi) is 5.75. The number of esters is 1. The van der Waals surface area contributed by atoms with Gasteiger partial charge in [0.25, 0.3) is 5.89 Å². The molecule has 0 saturated heterocycles. The Morgan fingerprint density at radius 3 is 2.72 bits per heavy atom. The molecule has 0 aliphatic rings. The van der Waals surface area contributed by atoms with E-state index in [4.69, 9.17) is 9.26 Å². The minimum Gasteiger partial charge on any atom is -0.451 e. The Morgan fingerprint density at radius 2 is 2.16 bits per heavy atom. The summed E-state index contributed by atoms with van der Waals surface area (Å²) in [5.41, 5.74) is 2.87. The molecule has 0 bridgehead atoms. The van der Waals surface area contributed by atoms with Crippen LogP contribution in [0.25, 0.3) is 6.08 Å². The number of aromatic nitrogens is 3. The monoisotopic (exact) mass is 342 g/mol. The lowest BCUT2D eigenvalue weighted by atomic mass is 10.1. The van der Waals surface area contributed by atoms with E-state index in [9.17, 15) is 10.1 Å². The molecular weight excluding hydrogens is 320 g/mol. The van der Waals surface area contributed by atoms with Gasteiger partial charge in [0.1, 0.15) is 11.6 Å². The van der Waals surface area contributed by atoms with Gasteiger partial charge in [-0.25, -0.2) is 4.79 Å². The van der Waals surface area contributed by atoms with Crippen molar-refractivity contribution in [2.75, 3.05) is 0 Å². The van der Waals surface area contributed by atoms with E-state index in [0.717, 1.165) is 23.5 Å². The van der Waals surface area contributed by atoms with Crippen LogP contribution in [0.4, 0.5) is 0 Å². The zero-order valence-corrected chi connectivity index (χ0v) is 15.2. The minimum absolute atomic E-state index is 0.0685. The van der Waals surface area contributed by atoms with E-state index in [2.05, 4.69) is 28.6 Å². The number of hydrogen-bond acceptors (Lipinski definition) is 6. The summed E-state index contributed by atoms with van der Waals surface area (Å²) < 4.78 is 12.1. The van der Waals surface area contributed by atoms with Gasteiger partial charge in [-0.2, -0.15) is 10.2 Å². The molecule has 2 heterocycles. The highest BCUT2D eigenvalue weighted by molar-refractivity contribution is 5.98. The van der Waals surface area contributed by atoms with Crippen molar-refractivity contribution in [3.05, 3.63) is 40.3 Å². The Morgan fingerprint density at radius 1 is 1.44 bits per heavy atom. The van der Waals surface area contributed by atoms with Crippen molar-refractivity contribution in [2.45, 2.75) is 47.8 Å². The van der Waals surface area contributed by atoms with E-state index in [-0.39, 0.29) is 18.1 Å². The molecule has 7 nitrogen and oxygen atoms in total. The highest BCUT2D eigenvalue weighted by Gasteiger charge is 2.16. The molecule has 0 unspecified atom stereocenters. The number of hydrogen-bond donors (Lipinski definition) is 0. The number of aryl methyl sites for hydroxylation is 2. The van der Waals surface area contributed by atoms with Crippen LogP contribution in [-0.2, 0) is 22.7 Å². The molecule has 7 heteroatoms. The first-order valence-electron chi connectivity index (χ1n) is 8.06. The van der Waals surface area contributed by atoms with Crippen LogP contribution in [0.15, 0.2) is 16.2 Å². The summed E-state index contributed by atoms with van der Waals surface area (Å²) in [6.07, 6.45) is 1.56. The summed E-state index contributed by atoms with van der Waals surface area (Å²) in [5.74, 6) is 0.435. The Bertz CT molecular complexity index is 837. The van der Waals surface area contributed by atoms with Crippen LogP contribution < -0.4 is 0 Å². The van der Waals surface area contributed by atoms with Crippen LogP contribution in [0, 0.1) is 38.0 Å². The third-order valence-corrected chi connectivity index (χ3v) is 3.70. The molecule has 2 rings (SSSR count). The Labute approximate surface area is 146 Å². The maximum absolute atomic E-state index is 12.1. The molecule has 0 aliphatic carbocycles. The van der Waals surface area contributed by atoms with Gasteiger partial charge in [-0.15, -0.1) is 0 Å². The second-order valence-electron chi connectivity index (χ2n) is 6.31. The van der Waals surface area contributed by atoms with Gasteiger partial charge in [0.15, 0.2) is 12.4 Å². The fraction of sp³-hybridized carbons (Fsp3) is 0.444. The molecule has 0 saturated carbocycles. The van der Waals surface area contributed by atoms with Crippen molar-refractivity contribution in [2.24, 2.45) is 5.92 Å². The summed E-state index contributed by atoms with van der Waals surface area (Å²) in [5, 5.41) is 12.9. The first-order valence-corrected chi connectivity index (χ1v) is 8.06. The van der Waals surface area contributed by atoms with Gasteiger partial charge in [0.05, 0.1) is 0 Å². The molecule has 25 heavy (non-hydrogen) atoms. The lowest BCUT2D eigenvalue weighted by molar-refractivity contribution is -0.140. The van der Waals surface area contributed by atoms with Gasteiger partial charge in [-0.3, -0.25) is 0 Å². The van der Waals surface area contributed by atoms with Crippen molar-refractivity contribution in [1.82, 2.24) is 14.7 Å². The first kappa shape index (κ1) is 18.5. The predicted molar refractivity (Wildman–Crippen MR) is 91.2 cm³/mol. The molecule has 0 aliphatic heterocycles. The zero-order chi connectivity index (χ0) is 18.6. The van der Waals surface area contributed by atoms with Gasteiger partial charge in [0, 0.05) is 17.9 Å². The molecule has 0 atom stereocenters. The van der Waals surface area contributed by atoms with Gasteiger partial charge < -0.3 is 13.8 Å². The van der Waals surface area contributed by atoms with Crippen LogP contribution >= 0.6 is 0 Å². The number of rotatable bonds is 6. The van der Waals surface area contributed by atoms with Crippen LogP contribution in [0.2, 0.25) is 0 Å². The maximum atomic E-state index is 12.1. The summed E-state index contributed by atoms with van der Waals surface area (Å²) >= 11 is 0. The average Bonchev–Trinajstić information content (AvgIpc) is 3.08. The van der Waals surface area contributed by atoms with Crippen molar-refractivity contribution in [3.63, 3.8) is 0 Å². The van der Waals surface area contributed by atoms with Crippen LogP contribution in [0.3, 0.4) is 0 Å². The van der Waals surface area contributed by atoms with Crippen molar-refractivity contribution < 1.29 is 14.1 Å². The molecule has 0 spiro atoms. The summed E-state index contributed by atoms with van der Waals surface area (Å²) in [6, 6.07) is 3.86. The van der Waals surface area contributed by atoms with Crippen LogP contribution in [-0.4, -0.2) is 20.7 Å². The Hall–Kier alpha value is -2.88. The highest BCUT2D eigenvalue weighted by Crippen LogP contribution is 2.20. The number of nitriles is 1. The second-order valence-corrected chi connectivity index (χ2v) is 6.31. The topological polar surface area (TPSA) is 93.9 Å². The third kappa shape index (κ3) is 4.57. The van der Waals surface area contributed by atoms with E-state index in [1.807, 2.05) is 26.0 Å². The van der Waals surface area contributed by atoms with E-state index < -0.39 is 5.97 Å². The van der Waals surface area contributed by atoms with Crippen molar-refractivity contribution in [1.29, 1.82) is 5.26 Å². The zero-order valence-electron chi connectivity index (χ0n) is 15.2. The van der Waals surface area contributed by atoms with E-state index in [1.165, 1.54) is 0 Å². The number of nitrogens with zero attached hydrogens (tertiary/aromatic N) is 4. The molecule has 0 fully saturated rings. The van der Waals surface area contributed by atoms with Crippen molar-refractivity contribution in [3.8, 4) is 6.07 Å². The second kappa shape index (κ2) is 7.79. The lowest BCUT2D eigenvalue weighted by Crippen LogP contribution is -2.08. The molecule has 132 valence electrons. The predicted octanol–water partition coefficient (Wildman–Crippen LogP) is 3.10. The van der Waals surface area contributed by atoms with E-state index >= 15 is 0 Å². The number of carbonyl (C=O) groups excluding carboxylic acids is 1. The van der Waals surface area contributed by atoms with E-state index in [1.54, 1.807) is 13.0 Å². The molecular formula is C18H22N4O3. The molecule has 0 aromatic carbocycles. The molecule has 2 aromatic rings. The fourth-order valence-corrected chi connectivity index (χ4v) is 2.52. The molecule has 2 aromatic heterocycles. The quantitative estimate of drug-likeness (QED) is 0.455. The standard InChI is InChI=1S/C18H22N4O3/c1-11(2)9-22-12(3)6-15(13(22)4)7-16(8-19)18(23)24-10-17-20-14(5)21-25-17/h6-7,11H,9-10H2,1-5H3/b16-7-. The van der Waals surface area contributed by atoms with Gasteiger partial charge >= 0.3 is 5.97 Å². The van der Waals surface area contributed by atoms with Gasteiger partial charge in [-0.05, 0) is 44.4 Å². The van der Waals surface area contributed by atoms with Gasteiger partial charge in [-0.1, -0.05) is 19.0 Å². The number of ether oxygens (including phenoxy) is 1. The summed E-state index contributed by atoms with van der Waals surface area (Å²) in [7, 11) is 0. The summed E-state index contributed by atoms with van der Waals surface area (Å²) in [6.45, 7) is 10.7. The largest absolute Gasteiger partial charge is 0.451 e. The van der Waals surface area contributed by atoms with Crippen LogP contribution in [0.1, 0.15) is 42.5 Å². The normalized spacial score (nSPS) is 11.6. The third-order valence-electron chi connectivity index (χ3n) is 3.70. The highest BCUT2D eigenvalue weighted by atomic mass is 16.6. The lowest BCUT2D eigenvalue weighted by Gasteiger charge is -2.12. The first-order chi connectivity index (χ1) is 11.8. The van der Waals surface area contributed by atoms with Gasteiger partial charge in [0.2, 0.25) is 0 Å². The van der Waals surface area contributed by atoms with Crippen LogP contribution in [0.5, 0.6) is 0 Å². The summed E-state index contributed by atoms with van der Waals surface area (Å²) in [4.78, 5) is 16.1. The smallest absolute Gasteiger partial charge is 0.349 e. The maximum Gasteiger partial charge on any atom is 0.349 e. The fourth-order valence-electron chi connectivity index (χ4n) is 2.52. The molecule has 0 N–H and O–H groups in total. The molecule has 0 amide bonds. The minimum atomic E-state index is -0.716. The van der Waals surface area contributed by atoms with Crippen molar-refractivity contribution >= 4 is 12.0 Å². The number of carbonyl (C=O) groups is 1. The molecule has 0 radical (unpaired) electrons. The SMILES string of the molecule is Cc1noc(COC(=O)/C(C#N)=C\c2cc(C)n(CC(C)C)c2C)n1. The average molecular weight is 342 g/mol. The van der Waals surface area contributed by atoms with E-state index in [0.29, 0.717) is 11.7 Å². The Balaban J connectivity index is 2.16.